The number of nitriles is 1. The molecule has 0 fully saturated rings. The smallest absolute Gasteiger partial charge is 0.343 e. The van der Waals surface area contributed by atoms with Crippen LogP contribution in [0.4, 0.5) is 0 Å². The highest BCUT2D eigenvalue weighted by Gasteiger charge is 2.20. The molecule has 1 aromatic carbocycles. The number of carbonyl (C=O) groups excluding carboxylic acids is 1. The number of aromatic nitrogens is 3. The number of esters is 1. The Morgan fingerprint density at radius 3 is 2.76 bits per heavy atom. The van der Waals surface area contributed by atoms with E-state index in [1.807, 2.05) is 6.07 Å². The number of rotatable bonds is 4. The Morgan fingerprint density at radius 2 is 2.12 bits per heavy atom. The number of benzene rings is 1. The first-order valence-electron chi connectivity index (χ1n) is 7.53. The number of H-pyrrole nitrogens is 1. The predicted octanol–water partition coefficient (Wildman–Crippen LogP) is 1.37. The van der Waals surface area contributed by atoms with E-state index >= 15 is 0 Å². The summed E-state index contributed by atoms with van der Waals surface area (Å²) in [5.74, 6) is -0.981. The number of aromatic hydroxyl groups is 1. The van der Waals surface area contributed by atoms with Gasteiger partial charge in [0.15, 0.2) is 5.65 Å². The summed E-state index contributed by atoms with van der Waals surface area (Å²) >= 11 is 0. The zero-order valence-corrected chi connectivity index (χ0v) is 13.3. The molecule has 2 aromatic heterocycles. The first-order chi connectivity index (χ1) is 12.0. The highest BCUT2D eigenvalue weighted by molar-refractivity contribution is 5.95. The summed E-state index contributed by atoms with van der Waals surface area (Å²) < 4.78 is 5.99. The van der Waals surface area contributed by atoms with Crippen LogP contribution in [0.25, 0.3) is 5.65 Å². The molecule has 0 radical (unpaired) electrons. The molecule has 0 saturated carbocycles. The average Bonchev–Trinajstić information content (AvgIpc) is 3.03. The summed E-state index contributed by atoms with van der Waals surface area (Å²) in [7, 11) is 0. The number of fused-ring (bicyclic) bond motifs is 1. The van der Waals surface area contributed by atoms with Crippen LogP contribution in [0, 0.1) is 11.3 Å². The van der Waals surface area contributed by atoms with E-state index in [0.29, 0.717) is 5.56 Å². The van der Waals surface area contributed by atoms with Crippen molar-refractivity contribution in [1.29, 1.82) is 5.26 Å². The fourth-order valence-corrected chi connectivity index (χ4v) is 2.46. The van der Waals surface area contributed by atoms with E-state index in [1.54, 1.807) is 31.2 Å². The van der Waals surface area contributed by atoms with E-state index in [2.05, 4.69) is 10.1 Å². The third kappa shape index (κ3) is 2.95. The molecule has 0 atom stereocenters. The maximum absolute atomic E-state index is 12.4. The first kappa shape index (κ1) is 16.3. The monoisotopic (exact) mass is 338 g/mol. The molecule has 0 spiro atoms. The molecule has 3 aromatic rings. The lowest BCUT2D eigenvalue weighted by atomic mass is 10.1. The van der Waals surface area contributed by atoms with E-state index in [9.17, 15) is 14.7 Å². The molecule has 8 heteroatoms. The van der Waals surface area contributed by atoms with Crippen molar-refractivity contribution in [1.82, 2.24) is 14.6 Å². The Balaban J connectivity index is 2.04. The van der Waals surface area contributed by atoms with Crippen molar-refractivity contribution in [3.05, 3.63) is 63.1 Å². The summed E-state index contributed by atoms with van der Waals surface area (Å²) in [6, 6.07) is 8.68. The van der Waals surface area contributed by atoms with Gasteiger partial charge >= 0.3 is 5.97 Å². The number of ether oxygens (including phenoxy) is 1. The van der Waals surface area contributed by atoms with Crippen molar-refractivity contribution >= 4 is 11.6 Å². The second kappa shape index (κ2) is 6.49. The molecule has 0 unspecified atom stereocenters. The van der Waals surface area contributed by atoms with E-state index in [-0.39, 0.29) is 35.7 Å². The molecule has 8 nitrogen and oxygen atoms in total. The second-order valence-corrected chi connectivity index (χ2v) is 5.28. The minimum absolute atomic E-state index is 0.0687. The Bertz CT molecular complexity index is 1040. The lowest BCUT2D eigenvalue weighted by Gasteiger charge is -2.07. The Kier molecular flexibility index (Phi) is 4.22. The SMILES string of the molecule is CCOC(=O)c1cnn2c(O)c(Cc3ccc(C#N)cc3)c(=O)[nH]c12. The number of carbonyl (C=O) groups is 1. The van der Waals surface area contributed by atoms with Gasteiger partial charge in [-0.1, -0.05) is 12.1 Å². The molecule has 0 saturated heterocycles. The molecule has 2 heterocycles. The predicted molar refractivity (Wildman–Crippen MR) is 87.4 cm³/mol. The Morgan fingerprint density at radius 1 is 1.40 bits per heavy atom. The zero-order chi connectivity index (χ0) is 18.0. The van der Waals surface area contributed by atoms with Crippen molar-refractivity contribution in [2.24, 2.45) is 0 Å². The van der Waals surface area contributed by atoms with Gasteiger partial charge in [-0.05, 0) is 24.6 Å². The van der Waals surface area contributed by atoms with Gasteiger partial charge in [0.25, 0.3) is 5.56 Å². The molecule has 0 bridgehead atoms. The maximum Gasteiger partial charge on any atom is 0.343 e. The van der Waals surface area contributed by atoms with Gasteiger partial charge in [0.1, 0.15) is 5.56 Å². The van der Waals surface area contributed by atoms with Gasteiger partial charge in [-0.2, -0.15) is 14.9 Å². The molecule has 126 valence electrons. The van der Waals surface area contributed by atoms with Gasteiger partial charge in [-0.25, -0.2) is 4.79 Å². The topological polar surface area (TPSA) is 120 Å². The zero-order valence-electron chi connectivity index (χ0n) is 13.3. The Hall–Kier alpha value is -3.60. The van der Waals surface area contributed by atoms with Gasteiger partial charge in [0.2, 0.25) is 5.88 Å². The molecule has 3 rings (SSSR count). The van der Waals surface area contributed by atoms with E-state index in [0.717, 1.165) is 10.1 Å². The molecule has 2 N–H and O–H groups in total. The van der Waals surface area contributed by atoms with Crippen LogP contribution in [0.3, 0.4) is 0 Å². The number of hydrogen-bond acceptors (Lipinski definition) is 6. The van der Waals surface area contributed by atoms with Crippen LogP contribution in [0.2, 0.25) is 0 Å². The largest absolute Gasteiger partial charge is 0.493 e. The summed E-state index contributed by atoms with van der Waals surface area (Å²) in [6.07, 6.45) is 1.38. The molecule has 0 aliphatic carbocycles. The van der Waals surface area contributed by atoms with Crippen LogP contribution in [-0.4, -0.2) is 32.3 Å². The first-order valence-corrected chi connectivity index (χ1v) is 7.53. The van der Waals surface area contributed by atoms with Crippen LogP contribution in [0.5, 0.6) is 5.88 Å². The fourth-order valence-electron chi connectivity index (χ4n) is 2.46. The number of nitrogens with one attached hydrogen (secondary N) is 1. The average molecular weight is 338 g/mol. The summed E-state index contributed by atoms with van der Waals surface area (Å²) in [4.78, 5) is 26.8. The number of nitrogens with zero attached hydrogens (tertiary/aromatic N) is 3. The molecular weight excluding hydrogens is 324 g/mol. The van der Waals surface area contributed by atoms with Gasteiger partial charge < -0.3 is 14.8 Å². The minimum Gasteiger partial charge on any atom is -0.493 e. The number of aromatic amines is 1. The van der Waals surface area contributed by atoms with Gasteiger partial charge in [-0.15, -0.1) is 0 Å². The van der Waals surface area contributed by atoms with E-state index < -0.39 is 11.5 Å². The van der Waals surface area contributed by atoms with Crippen molar-refractivity contribution in [2.45, 2.75) is 13.3 Å². The normalized spacial score (nSPS) is 10.6. The summed E-state index contributed by atoms with van der Waals surface area (Å²) in [5.41, 5.74) is 0.972. The van der Waals surface area contributed by atoms with Crippen molar-refractivity contribution in [3.63, 3.8) is 0 Å². The van der Waals surface area contributed by atoms with Crippen molar-refractivity contribution in [2.75, 3.05) is 6.61 Å². The highest BCUT2D eigenvalue weighted by atomic mass is 16.5. The van der Waals surface area contributed by atoms with Crippen LogP contribution in [0.1, 0.15) is 34.0 Å². The molecule has 0 aliphatic heterocycles. The second-order valence-electron chi connectivity index (χ2n) is 5.28. The fraction of sp³-hybridized carbons (Fsp3) is 0.176. The van der Waals surface area contributed by atoms with Crippen LogP contribution >= 0.6 is 0 Å². The lowest BCUT2D eigenvalue weighted by molar-refractivity contribution is 0.0528. The van der Waals surface area contributed by atoms with Gasteiger partial charge in [0, 0.05) is 6.42 Å². The lowest BCUT2D eigenvalue weighted by Crippen LogP contribution is -2.17. The summed E-state index contributed by atoms with van der Waals surface area (Å²) in [5, 5.41) is 23.2. The minimum atomic E-state index is -0.632. The van der Waals surface area contributed by atoms with Gasteiger partial charge in [-0.3, -0.25) is 4.79 Å². The molecule has 25 heavy (non-hydrogen) atoms. The van der Waals surface area contributed by atoms with Crippen molar-refractivity contribution < 1.29 is 14.6 Å². The van der Waals surface area contributed by atoms with Crippen molar-refractivity contribution in [3.8, 4) is 11.9 Å². The summed E-state index contributed by atoms with van der Waals surface area (Å²) in [6.45, 7) is 1.85. The van der Waals surface area contributed by atoms with Crippen LogP contribution in [-0.2, 0) is 11.2 Å². The Labute approximate surface area is 141 Å². The van der Waals surface area contributed by atoms with Crippen LogP contribution < -0.4 is 5.56 Å². The molecule has 0 amide bonds. The van der Waals surface area contributed by atoms with E-state index in [4.69, 9.17) is 10.00 Å². The number of hydrogen-bond donors (Lipinski definition) is 2. The molecule has 0 aliphatic rings. The molecular formula is C17H14N4O4. The van der Waals surface area contributed by atoms with Gasteiger partial charge in [0.05, 0.1) is 30.0 Å². The standard InChI is InChI=1S/C17H14N4O4/c1-2-25-17(24)13-9-19-21-14(13)20-15(22)12(16(21)23)7-10-3-5-11(8-18)6-4-10/h3-6,9,23H,2,7H2,1H3,(H,20,22). The quantitative estimate of drug-likeness (QED) is 0.693. The third-order valence-electron chi connectivity index (χ3n) is 3.71. The van der Waals surface area contributed by atoms with Crippen LogP contribution in [0.15, 0.2) is 35.3 Å². The maximum atomic E-state index is 12.4. The van der Waals surface area contributed by atoms with E-state index in [1.165, 1.54) is 6.20 Å². The third-order valence-corrected chi connectivity index (χ3v) is 3.71. The highest BCUT2D eigenvalue weighted by Crippen LogP contribution is 2.20.